The van der Waals surface area contributed by atoms with E-state index in [4.69, 9.17) is 24.8 Å². The number of nitrogen functional groups attached to an aromatic ring is 1. The second kappa shape index (κ2) is 22.8. The summed E-state index contributed by atoms with van der Waals surface area (Å²) in [5.74, 6) is -2.92. The number of sulfonamides is 1. The van der Waals surface area contributed by atoms with Crippen molar-refractivity contribution >= 4 is 51.5 Å². The number of carbonyl (C=O) groups is 6. The second-order valence-corrected chi connectivity index (χ2v) is 16.6. The Morgan fingerprint density at radius 3 is 2.24 bits per heavy atom. The molecular formula is C40H55N5O12S. The molecule has 0 aromatic heterocycles. The lowest BCUT2D eigenvalue weighted by Crippen LogP contribution is -2.53. The Balaban J connectivity index is 1.37. The van der Waals surface area contributed by atoms with Crippen LogP contribution in [0.1, 0.15) is 83.6 Å². The van der Waals surface area contributed by atoms with Crippen LogP contribution in [0.5, 0.6) is 0 Å². The van der Waals surface area contributed by atoms with Crippen molar-refractivity contribution in [2.45, 2.75) is 108 Å². The molecule has 3 atom stereocenters. The summed E-state index contributed by atoms with van der Waals surface area (Å²) >= 11 is 0. The molecule has 2 aromatic carbocycles. The number of hydrogen-bond donors (Lipinski definition) is 3. The van der Waals surface area contributed by atoms with Crippen LogP contribution >= 0.6 is 0 Å². The van der Waals surface area contributed by atoms with Crippen LogP contribution in [0.2, 0.25) is 0 Å². The molecule has 0 bridgehead atoms. The highest BCUT2D eigenvalue weighted by molar-refractivity contribution is 7.89. The van der Waals surface area contributed by atoms with E-state index in [1.54, 1.807) is 0 Å². The molecule has 2 aliphatic heterocycles. The number of carbonyl (C=O) groups excluding carboxylic acids is 6. The first-order valence-corrected chi connectivity index (χ1v) is 21.1. The minimum absolute atomic E-state index is 0.00633. The third-order valence-electron chi connectivity index (χ3n) is 9.33. The van der Waals surface area contributed by atoms with E-state index in [1.807, 2.05) is 44.2 Å². The number of nitrogens with two attached hydrogens (primary N) is 1. The van der Waals surface area contributed by atoms with Crippen molar-refractivity contribution in [3.63, 3.8) is 0 Å². The normalized spacial score (nSPS) is 16.6. The fourth-order valence-electron chi connectivity index (χ4n) is 6.31. The molecule has 2 aromatic rings. The van der Waals surface area contributed by atoms with Gasteiger partial charge < -0.3 is 35.4 Å². The van der Waals surface area contributed by atoms with E-state index >= 15 is 0 Å². The largest absolute Gasteiger partial charge is 0.459 e. The van der Waals surface area contributed by atoms with Gasteiger partial charge >= 0.3 is 18.0 Å². The molecule has 2 heterocycles. The van der Waals surface area contributed by atoms with Crippen LogP contribution in [0.25, 0.3) is 0 Å². The van der Waals surface area contributed by atoms with Gasteiger partial charge in [0.1, 0.15) is 12.2 Å². The summed E-state index contributed by atoms with van der Waals surface area (Å²) in [6, 6.07) is 14.2. The second-order valence-electron chi connectivity index (χ2n) is 14.7. The first-order valence-electron chi connectivity index (χ1n) is 19.7. The molecule has 0 spiro atoms. The van der Waals surface area contributed by atoms with E-state index in [2.05, 4.69) is 10.6 Å². The highest BCUT2D eigenvalue weighted by Crippen LogP contribution is 2.22. The maximum absolute atomic E-state index is 14.1. The van der Waals surface area contributed by atoms with Crippen LogP contribution in [-0.4, -0.2) is 105 Å². The molecule has 0 radical (unpaired) electrons. The summed E-state index contributed by atoms with van der Waals surface area (Å²) in [4.78, 5) is 79.0. The molecule has 2 saturated heterocycles. The van der Waals surface area contributed by atoms with Gasteiger partial charge in [-0.05, 0) is 61.4 Å². The molecular weight excluding hydrogens is 775 g/mol. The molecule has 0 saturated carbocycles. The van der Waals surface area contributed by atoms with Gasteiger partial charge in [-0.1, -0.05) is 50.6 Å². The van der Waals surface area contributed by atoms with E-state index < -0.39 is 58.1 Å². The predicted octanol–water partition coefficient (Wildman–Crippen LogP) is 3.41. The van der Waals surface area contributed by atoms with Crippen molar-refractivity contribution in [3.05, 3.63) is 60.2 Å². The highest BCUT2D eigenvalue weighted by atomic mass is 32.2. The number of amides is 4. The first-order chi connectivity index (χ1) is 27.7. The van der Waals surface area contributed by atoms with Gasteiger partial charge in [-0.3, -0.25) is 19.2 Å². The Bertz CT molecular complexity index is 1790. The number of nitrogens with zero attached hydrogens (tertiary/aromatic N) is 2. The first kappa shape index (κ1) is 45.6. The van der Waals surface area contributed by atoms with E-state index in [9.17, 15) is 37.2 Å². The summed E-state index contributed by atoms with van der Waals surface area (Å²) < 4.78 is 46.4. The number of esters is 1. The van der Waals surface area contributed by atoms with E-state index in [0.717, 1.165) is 5.56 Å². The lowest BCUT2D eigenvalue weighted by atomic mass is 10.0. The van der Waals surface area contributed by atoms with Crippen LogP contribution in [0.4, 0.5) is 10.5 Å². The van der Waals surface area contributed by atoms with Gasteiger partial charge in [-0.2, -0.15) is 4.31 Å². The summed E-state index contributed by atoms with van der Waals surface area (Å²) in [7, 11) is -4.11. The molecule has 18 heteroatoms. The fraction of sp³-hybridized carbons (Fsp3) is 0.550. The van der Waals surface area contributed by atoms with Gasteiger partial charge in [0.15, 0.2) is 0 Å². The summed E-state index contributed by atoms with van der Waals surface area (Å²) in [5.41, 5.74) is 7.05. The Morgan fingerprint density at radius 2 is 1.59 bits per heavy atom. The molecule has 0 aliphatic carbocycles. The molecule has 4 N–H and O–H groups in total. The lowest BCUT2D eigenvalue weighted by Gasteiger charge is -2.33. The number of benzene rings is 2. The third-order valence-corrected chi connectivity index (χ3v) is 11.2. The number of imide groups is 1. The van der Waals surface area contributed by atoms with Crippen molar-refractivity contribution < 1.29 is 56.2 Å². The van der Waals surface area contributed by atoms with Crippen LogP contribution in [0.15, 0.2) is 59.5 Å². The van der Waals surface area contributed by atoms with Gasteiger partial charge in [0.05, 0.1) is 30.7 Å². The molecule has 17 nitrogen and oxygen atoms in total. The number of unbranched alkanes of at least 4 members (excludes halogenated alkanes) is 2. The molecule has 2 fully saturated rings. The molecule has 58 heavy (non-hydrogen) atoms. The minimum atomic E-state index is -4.11. The third kappa shape index (κ3) is 15.0. The summed E-state index contributed by atoms with van der Waals surface area (Å²) in [5, 5.41) is 6.09. The average molecular weight is 830 g/mol. The molecule has 0 unspecified atom stereocenters. The van der Waals surface area contributed by atoms with Crippen LogP contribution < -0.4 is 16.4 Å². The van der Waals surface area contributed by atoms with Crippen molar-refractivity contribution in [1.82, 2.24) is 20.0 Å². The van der Waals surface area contributed by atoms with Crippen LogP contribution in [0, 0.1) is 5.92 Å². The maximum atomic E-state index is 14.1. The zero-order valence-electron chi connectivity index (χ0n) is 33.1. The Morgan fingerprint density at radius 1 is 0.897 bits per heavy atom. The SMILES string of the molecule is CC(C)CN(C[C@@H](OC(=O)CCCCCNC(=O)CCCC(=O)ON1C(=O)CCC1=O)[C@H](Cc1ccccc1)NC(=O)O[C@H]1CCOC1)S(=O)(=O)c1ccc(N)cc1. The summed E-state index contributed by atoms with van der Waals surface area (Å²) in [6.45, 7) is 4.61. The number of nitrogens with one attached hydrogen (secondary N) is 2. The van der Waals surface area contributed by atoms with E-state index in [1.165, 1.54) is 28.6 Å². The van der Waals surface area contributed by atoms with Crippen molar-refractivity contribution in [3.8, 4) is 0 Å². The van der Waals surface area contributed by atoms with Crippen molar-refractivity contribution in [2.24, 2.45) is 5.92 Å². The van der Waals surface area contributed by atoms with Gasteiger partial charge in [0.2, 0.25) is 15.9 Å². The van der Waals surface area contributed by atoms with Gasteiger partial charge in [0, 0.05) is 57.3 Å². The van der Waals surface area contributed by atoms with Gasteiger partial charge in [-0.15, -0.1) is 5.06 Å². The highest BCUT2D eigenvalue weighted by Gasteiger charge is 2.36. The topological polar surface area (TPSA) is 230 Å². The van der Waals surface area contributed by atoms with Gasteiger partial charge in [-0.25, -0.2) is 18.0 Å². The molecule has 2 aliphatic rings. The Labute approximate surface area is 339 Å². The van der Waals surface area contributed by atoms with E-state index in [0.29, 0.717) is 49.6 Å². The fourth-order valence-corrected chi connectivity index (χ4v) is 7.93. The number of ether oxygens (including phenoxy) is 3. The van der Waals surface area contributed by atoms with Crippen LogP contribution in [-0.2, 0) is 59.5 Å². The van der Waals surface area contributed by atoms with E-state index in [-0.39, 0.29) is 81.4 Å². The molecule has 4 amide bonds. The van der Waals surface area contributed by atoms with Crippen molar-refractivity contribution in [2.75, 3.05) is 38.6 Å². The number of hydrogen-bond acceptors (Lipinski definition) is 13. The Kier molecular flexibility index (Phi) is 17.9. The minimum Gasteiger partial charge on any atom is -0.459 e. The quantitative estimate of drug-likeness (QED) is 0.0632. The Hall–Kier alpha value is -5.07. The monoisotopic (exact) mass is 829 g/mol. The summed E-state index contributed by atoms with van der Waals surface area (Å²) in [6.07, 6.45) is -0.0592. The number of rotatable bonds is 23. The average Bonchev–Trinajstić information content (AvgIpc) is 3.80. The smallest absolute Gasteiger partial charge is 0.407 e. The number of hydroxylamine groups is 2. The lowest BCUT2D eigenvalue weighted by molar-refractivity contribution is -0.197. The van der Waals surface area contributed by atoms with Crippen molar-refractivity contribution in [1.29, 1.82) is 0 Å². The predicted molar refractivity (Wildman–Crippen MR) is 210 cm³/mol. The number of anilines is 1. The van der Waals surface area contributed by atoms with Crippen LogP contribution in [0.3, 0.4) is 0 Å². The zero-order chi connectivity index (χ0) is 42.1. The molecule has 318 valence electrons. The maximum Gasteiger partial charge on any atom is 0.407 e. The molecule has 4 rings (SSSR count). The van der Waals surface area contributed by atoms with Gasteiger partial charge in [0.25, 0.3) is 11.8 Å². The zero-order valence-corrected chi connectivity index (χ0v) is 33.9. The standard InChI is InChI=1S/C40H55N5O12S/c1-28(2)25-44(58(52,53)32-17-15-30(41)16-18-32)26-34(33(24-29-10-5-3-6-11-29)43-40(51)55-31-21-23-54-27-31)56-38(49)13-7-4-8-22-42-35(46)12-9-14-39(50)57-45-36(47)19-20-37(45)48/h3,5-6,10-11,15-18,28,31,33-34H,4,7-9,12-14,19-27,41H2,1-2H3,(H,42,46)(H,43,51)/t31-,33-,34+/m0/s1. The number of alkyl carbamates (subject to hydrolysis) is 1.